The molecule has 2 aromatic heterocycles. The third-order valence-electron chi connectivity index (χ3n) is 4.57. The fraction of sp³-hybridized carbons (Fsp3) is 0.174. The van der Waals surface area contributed by atoms with Gasteiger partial charge < -0.3 is 9.73 Å². The molecule has 7 heteroatoms. The van der Waals surface area contributed by atoms with Crippen LogP contribution in [0.15, 0.2) is 76.4 Å². The summed E-state index contributed by atoms with van der Waals surface area (Å²) < 4.78 is 5.27. The third-order valence-corrected chi connectivity index (χ3v) is 5.94. The van der Waals surface area contributed by atoms with E-state index in [0.717, 1.165) is 33.1 Å². The molecule has 0 aliphatic carbocycles. The number of hydrogen-bond acceptors (Lipinski definition) is 5. The third kappa shape index (κ3) is 5.01. The summed E-state index contributed by atoms with van der Waals surface area (Å²) in [5.74, 6) is 0.637. The van der Waals surface area contributed by atoms with Gasteiger partial charge in [-0.2, -0.15) is 0 Å². The zero-order valence-electron chi connectivity index (χ0n) is 16.3. The molecule has 0 spiro atoms. The highest BCUT2D eigenvalue weighted by molar-refractivity contribution is 8.00. The van der Waals surface area contributed by atoms with Gasteiger partial charge in [-0.3, -0.25) is 4.79 Å². The van der Waals surface area contributed by atoms with Crippen LogP contribution in [0.1, 0.15) is 23.9 Å². The number of benzene rings is 2. The molecule has 1 N–H and O–H groups in total. The second kappa shape index (κ2) is 9.32. The smallest absolute Gasteiger partial charge is 0.233 e. The number of furan rings is 1. The van der Waals surface area contributed by atoms with E-state index in [9.17, 15) is 4.79 Å². The Hall–Kier alpha value is -2.83. The number of fused-ring (bicyclic) bond motifs is 1. The first-order valence-corrected chi connectivity index (χ1v) is 10.8. The van der Waals surface area contributed by atoms with Crippen LogP contribution in [-0.2, 0) is 17.8 Å². The van der Waals surface area contributed by atoms with Crippen molar-refractivity contribution in [3.63, 3.8) is 0 Å². The van der Waals surface area contributed by atoms with Crippen LogP contribution in [0.5, 0.6) is 0 Å². The summed E-state index contributed by atoms with van der Waals surface area (Å²) in [5.41, 5.74) is 3.57. The number of carbonyl (C=O) groups excluding carboxylic acids is 1. The van der Waals surface area contributed by atoms with Crippen molar-refractivity contribution in [2.75, 3.05) is 0 Å². The lowest BCUT2D eigenvalue weighted by Crippen LogP contribution is -2.30. The molecule has 0 saturated carbocycles. The van der Waals surface area contributed by atoms with E-state index in [1.54, 1.807) is 12.3 Å². The molecule has 2 aromatic carbocycles. The standard InChI is InChI=1S/C23H20ClN3O2S/c1-15(22(28)25-14-18-5-4-12-29-18)30-23-21(13-16-8-10-17(24)11-9-16)26-19-6-2-3-7-20(19)27-23/h2-12,15H,13-14H2,1H3,(H,25,28)/t15-/m0/s1. The molecule has 0 unspecified atom stereocenters. The van der Waals surface area contributed by atoms with Crippen molar-refractivity contribution in [3.8, 4) is 0 Å². The van der Waals surface area contributed by atoms with Crippen LogP contribution < -0.4 is 5.32 Å². The van der Waals surface area contributed by atoms with Gasteiger partial charge in [0.2, 0.25) is 5.91 Å². The molecular weight excluding hydrogens is 418 g/mol. The maximum Gasteiger partial charge on any atom is 0.233 e. The van der Waals surface area contributed by atoms with E-state index in [-0.39, 0.29) is 11.2 Å². The lowest BCUT2D eigenvalue weighted by Gasteiger charge is -2.14. The van der Waals surface area contributed by atoms with Gasteiger partial charge in [-0.15, -0.1) is 0 Å². The zero-order valence-corrected chi connectivity index (χ0v) is 17.9. The first-order valence-electron chi connectivity index (χ1n) is 9.55. The topological polar surface area (TPSA) is 68.0 Å². The van der Waals surface area contributed by atoms with Gasteiger partial charge in [0.25, 0.3) is 0 Å². The van der Waals surface area contributed by atoms with Crippen LogP contribution in [0.2, 0.25) is 5.02 Å². The molecule has 1 amide bonds. The summed E-state index contributed by atoms with van der Waals surface area (Å²) in [6.07, 6.45) is 2.20. The van der Waals surface area contributed by atoms with E-state index in [2.05, 4.69) is 5.32 Å². The Morgan fingerprint density at radius 3 is 2.50 bits per heavy atom. The molecule has 0 aliphatic heterocycles. The monoisotopic (exact) mass is 437 g/mol. The lowest BCUT2D eigenvalue weighted by molar-refractivity contribution is -0.120. The molecule has 0 saturated heterocycles. The summed E-state index contributed by atoms with van der Waals surface area (Å²) in [7, 11) is 0. The number of thioether (sulfide) groups is 1. The van der Waals surface area contributed by atoms with Crippen molar-refractivity contribution in [1.82, 2.24) is 15.3 Å². The average Bonchev–Trinajstić information content (AvgIpc) is 3.27. The zero-order chi connectivity index (χ0) is 20.9. The summed E-state index contributed by atoms with van der Waals surface area (Å²) >= 11 is 7.42. The van der Waals surface area contributed by atoms with Crippen LogP contribution in [0.4, 0.5) is 0 Å². The van der Waals surface area contributed by atoms with Gasteiger partial charge in [0.05, 0.1) is 34.8 Å². The first-order chi connectivity index (χ1) is 14.6. The minimum Gasteiger partial charge on any atom is -0.467 e. The number of rotatable bonds is 7. The summed E-state index contributed by atoms with van der Waals surface area (Å²) in [4.78, 5) is 22.2. The molecule has 5 nitrogen and oxygen atoms in total. The number of nitrogens with zero attached hydrogens (tertiary/aromatic N) is 2. The quantitative estimate of drug-likeness (QED) is 0.399. The van der Waals surface area contributed by atoms with Crippen LogP contribution in [-0.4, -0.2) is 21.1 Å². The molecule has 0 aliphatic rings. The van der Waals surface area contributed by atoms with Crippen molar-refractivity contribution < 1.29 is 9.21 Å². The molecule has 4 rings (SSSR count). The first kappa shape index (κ1) is 20.4. The van der Waals surface area contributed by atoms with Crippen molar-refractivity contribution in [1.29, 1.82) is 0 Å². The van der Waals surface area contributed by atoms with E-state index in [4.69, 9.17) is 26.0 Å². The maximum absolute atomic E-state index is 12.6. The van der Waals surface area contributed by atoms with Crippen LogP contribution >= 0.6 is 23.4 Å². The van der Waals surface area contributed by atoms with Gasteiger partial charge >= 0.3 is 0 Å². The van der Waals surface area contributed by atoms with E-state index in [0.29, 0.717) is 18.0 Å². The number of nitrogens with one attached hydrogen (secondary N) is 1. The number of hydrogen-bond donors (Lipinski definition) is 1. The van der Waals surface area contributed by atoms with E-state index in [1.165, 1.54) is 11.8 Å². The Morgan fingerprint density at radius 1 is 1.07 bits per heavy atom. The van der Waals surface area contributed by atoms with Gasteiger partial charge in [0.1, 0.15) is 10.8 Å². The highest BCUT2D eigenvalue weighted by Gasteiger charge is 2.19. The molecule has 1 atom stereocenters. The number of para-hydroxylation sites is 2. The van der Waals surface area contributed by atoms with Gasteiger partial charge in [-0.25, -0.2) is 9.97 Å². The highest BCUT2D eigenvalue weighted by atomic mass is 35.5. The van der Waals surface area contributed by atoms with Crippen LogP contribution in [0.3, 0.4) is 0 Å². The summed E-state index contributed by atoms with van der Waals surface area (Å²) in [6, 6.07) is 19.1. The minimum atomic E-state index is -0.334. The second-order valence-electron chi connectivity index (χ2n) is 6.82. The molecule has 0 fully saturated rings. The predicted molar refractivity (Wildman–Crippen MR) is 120 cm³/mol. The molecule has 152 valence electrons. The Balaban J connectivity index is 1.56. The van der Waals surface area contributed by atoms with Crippen molar-refractivity contribution in [2.45, 2.75) is 30.2 Å². The minimum absolute atomic E-state index is 0.0798. The van der Waals surface area contributed by atoms with E-state index < -0.39 is 0 Å². The number of amides is 1. The SMILES string of the molecule is C[C@H](Sc1nc2ccccc2nc1Cc1ccc(Cl)cc1)C(=O)NCc1ccco1. The predicted octanol–water partition coefficient (Wildman–Crippen LogP) is 5.26. The Bertz CT molecular complexity index is 1150. The highest BCUT2D eigenvalue weighted by Crippen LogP contribution is 2.28. The normalized spacial score (nSPS) is 12.1. The van der Waals surface area contributed by atoms with Crippen molar-refractivity contribution >= 4 is 40.3 Å². The Kier molecular flexibility index (Phi) is 6.35. The van der Waals surface area contributed by atoms with Crippen molar-refractivity contribution in [2.24, 2.45) is 0 Å². The molecule has 4 aromatic rings. The number of carbonyl (C=O) groups is 1. The van der Waals surface area contributed by atoms with Crippen LogP contribution in [0, 0.1) is 0 Å². The fourth-order valence-corrected chi connectivity index (χ4v) is 4.03. The lowest BCUT2D eigenvalue weighted by atomic mass is 10.1. The Labute approximate surface area is 183 Å². The molecule has 2 heterocycles. The fourth-order valence-electron chi connectivity index (χ4n) is 2.98. The Morgan fingerprint density at radius 2 is 1.80 bits per heavy atom. The van der Waals surface area contributed by atoms with Crippen molar-refractivity contribution in [3.05, 3.63) is 89.0 Å². The molecular formula is C23H20ClN3O2S. The molecule has 0 radical (unpaired) electrons. The second-order valence-corrected chi connectivity index (χ2v) is 8.59. The van der Waals surface area contributed by atoms with Gasteiger partial charge in [-0.05, 0) is 48.9 Å². The van der Waals surface area contributed by atoms with E-state index >= 15 is 0 Å². The number of halogens is 1. The molecule has 30 heavy (non-hydrogen) atoms. The van der Waals surface area contributed by atoms with E-state index in [1.807, 2.05) is 61.5 Å². The molecule has 0 bridgehead atoms. The van der Waals surface area contributed by atoms with Gasteiger partial charge in [0.15, 0.2) is 0 Å². The average molecular weight is 438 g/mol. The summed E-state index contributed by atoms with van der Waals surface area (Å²) in [6.45, 7) is 2.23. The maximum atomic E-state index is 12.6. The van der Waals surface area contributed by atoms with Crippen LogP contribution in [0.25, 0.3) is 11.0 Å². The summed E-state index contributed by atoms with van der Waals surface area (Å²) in [5, 5.41) is 4.02. The van der Waals surface area contributed by atoms with Gasteiger partial charge in [-0.1, -0.05) is 47.6 Å². The number of aromatic nitrogens is 2. The largest absolute Gasteiger partial charge is 0.467 e. The van der Waals surface area contributed by atoms with Gasteiger partial charge in [0, 0.05) is 11.4 Å².